The van der Waals surface area contributed by atoms with Crippen LogP contribution in [-0.2, 0) is 4.79 Å². The van der Waals surface area contributed by atoms with Crippen molar-refractivity contribution in [2.75, 3.05) is 13.6 Å². The lowest BCUT2D eigenvalue weighted by Gasteiger charge is -2.20. The summed E-state index contributed by atoms with van der Waals surface area (Å²) in [6.07, 6.45) is 2.69. The molecule has 0 aromatic rings. The van der Waals surface area contributed by atoms with Gasteiger partial charge in [0.2, 0.25) is 5.91 Å². The number of carbonyl (C=O) groups is 1. The number of hydrogen-bond acceptors (Lipinski definition) is 2. The van der Waals surface area contributed by atoms with Crippen LogP contribution in [0.5, 0.6) is 0 Å². The molecular weight excluding hydrogens is 176 g/mol. The fraction of sp³-hybridized carbons (Fsp3) is 0.909. The van der Waals surface area contributed by atoms with Gasteiger partial charge in [-0.15, -0.1) is 0 Å². The molecule has 14 heavy (non-hydrogen) atoms. The summed E-state index contributed by atoms with van der Waals surface area (Å²) < 4.78 is 0. The zero-order chi connectivity index (χ0) is 11.0. The maximum absolute atomic E-state index is 10.9. The van der Waals surface area contributed by atoms with E-state index in [1.807, 2.05) is 0 Å². The van der Waals surface area contributed by atoms with Crippen molar-refractivity contribution in [2.24, 2.45) is 5.92 Å². The Balaban J connectivity index is 3.47. The van der Waals surface area contributed by atoms with Crippen LogP contribution in [0.1, 0.15) is 40.0 Å². The van der Waals surface area contributed by atoms with Crippen LogP contribution in [-0.4, -0.2) is 25.5 Å². The maximum atomic E-state index is 10.9. The minimum absolute atomic E-state index is 0.129. The Morgan fingerprint density at radius 3 is 2.43 bits per heavy atom. The molecule has 0 rings (SSSR count). The van der Waals surface area contributed by atoms with Gasteiger partial charge in [0, 0.05) is 19.5 Å². The number of carbonyl (C=O) groups excluding carboxylic acids is 1. The number of rotatable bonds is 7. The molecule has 3 nitrogen and oxygen atoms in total. The number of amides is 1. The van der Waals surface area contributed by atoms with Crippen molar-refractivity contribution in [2.45, 2.75) is 46.1 Å². The molecule has 0 aliphatic heterocycles. The summed E-state index contributed by atoms with van der Waals surface area (Å²) in [5, 5.41) is 6.09. The molecule has 0 spiro atoms. The van der Waals surface area contributed by atoms with Gasteiger partial charge in [0.15, 0.2) is 0 Å². The predicted octanol–water partition coefficient (Wildman–Crippen LogP) is 1.54. The molecule has 0 radical (unpaired) electrons. The van der Waals surface area contributed by atoms with E-state index in [-0.39, 0.29) is 5.91 Å². The molecule has 0 saturated carbocycles. The van der Waals surface area contributed by atoms with E-state index in [1.54, 1.807) is 7.05 Å². The van der Waals surface area contributed by atoms with E-state index in [0.717, 1.165) is 19.4 Å². The van der Waals surface area contributed by atoms with Crippen molar-refractivity contribution >= 4 is 5.91 Å². The molecular formula is C11H24N2O. The van der Waals surface area contributed by atoms with E-state index in [0.29, 0.717) is 18.4 Å². The minimum atomic E-state index is 0.129. The molecule has 0 aromatic carbocycles. The lowest BCUT2D eigenvalue weighted by molar-refractivity contribution is -0.120. The summed E-state index contributed by atoms with van der Waals surface area (Å²) in [6, 6.07) is 0.583. The molecule has 0 heterocycles. The van der Waals surface area contributed by atoms with Gasteiger partial charge in [-0.05, 0) is 25.3 Å². The maximum Gasteiger partial charge on any atom is 0.219 e. The van der Waals surface area contributed by atoms with E-state index in [1.165, 1.54) is 0 Å². The average Bonchev–Trinajstić information content (AvgIpc) is 2.16. The molecule has 0 fully saturated rings. The molecule has 1 amide bonds. The van der Waals surface area contributed by atoms with Gasteiger partial charge in [-0.2, -0.15) is 0 Å². The lowest BCUT2D eigenvalue weighted by Crippen LogP contribution is -2.34. The Morgan fingerprint density at radius 1 is 1.36 bits per heavy atom. The van der Waals surface area contributed by atoms with Crippen LogP contribution in [0.15, 0.2) is 0 Å². The Bertz CT molecular complexity index is 157. The zero-order valence-corrected chi connectivity index (χ0v) is 9.89. The van der Waals surface area contributed by atoms with Crippen molar-refractivity contribution in [3.63, 3.8) is 0 Å². The van der Waals surface area contributed by atoms with E-state index in [9.17, 15) is 4.79 Å². The van der Waals surface area contributed by atoms with Gasteiger partial charge >= 0.3 is 0 Å². The standard InChI is InChI=1S/C11H24N2O/c1-5-10(9(2)3)13-8-6-7-11(14)12-4/h9-10,13H,5-8H2,1-4H3,(H,12,14). The van der Waals surface area contributed by atoms with Crippen molar-refractivity contribution in [3.8, 4) is 0 Å². The van der Waals surface area contributed by atoms with E-state index < -0.39 is 0 Å². The second-order valence-electron chi connectivity index (χ2n) is 3.99. The minimum Gasteiger partial charge on any atom is -0.359 e. The van der Waals surface area contributed by atoms with E-state index >= 15 is 0 Å². The van der Waals surface area contributed by atoms with Crippen molar-refractivity contribution < 1.29 is 4.79 Å². The van der Waals surface area contributed by atoms with Gasteiger partial charge in [0.25, 0.3) is 0 Å². The molecule has 2 N–H and O–H groups in total. The number of nitrogens with one attached hydrogen (secondary N) is 2. The second kappa shape index (κ2) is 7.80. The highest BCUT2D eigenvalue weighted by Gasteiger charge is 2.09. The van der Waals surface area contributed by atoms with Gasteiger partial charge in [0.05, 0.1) is 0 Å². The second-order valence-corrected chi connectivity index (χ2v) is 3.99. The summed E-state index contributed by atoms with van der Waals surface area (Å²) >= 11 is 0. The lowest BCUT2D eigenvalue weighted by atomic mass is 10.0. The molecule has 1 atom stereocenters. The Labute approximate surface area is 87.6 Å². The smallest absolute Gasteiger partial charge is 0.219 e. The van der Waals surface area contributed by atoms with E-state index in [4.69, 9.17) is 0 Å². The normalized spacial score (nSPS) is 12.9. The largest absolute Gasteiger partial charge is 0.359 e. The molecule has 0 aliphatic carbocycles. The highest BCUT2D eigenvalue weighted by molar-refractivity contribution is 5.75. The summed E-state index contributed by atoms with van der Waals surface area (Å²) in [6.45, 7) is 7.57. The molecule has 3 heteroatoms. The van der Waals surface area contributed by atoms with Crippen LogP contribution in [0.4, 0.5) is 0 Å². The quantitative estimate of drug-likeness (QED) is 0.612. The molecule has 0 bridgehead atoms. The van der Waals surface area contributed by atoms with Gasteiger partial charge in [-0.3, -0.25) is 4.79 Å². The van der Waals surface area contributed by atoms with Gasteiger partial charge in [-0.1, -0.05) is 20.8 Å². The molecule has 0 aromatic heterocycles. The first-order chi connectivity index (χ1) is 6.61. The van der Waals surface area contributed by atoms with Crippen LogP contribution >= 0.6 is 0 Å². The highest BCUT2D eigenvalue weighted by atomic mass is 16.1. The third-order valence-corrected chi connectivity index (χ3v) is 2.51. The topological polar surface area (TPSA) is 41.1 Å². The number of hydrogen-bond donors (Lipinski definition) is 2. The summed E-state index contributed by atoms with van der Waals surface area (Å²) in [4.78, 5) is 10.9. The Kier molecular flexibility index (Phi) is 7.48. The summed E-state index contributed by atoms with van der Waals surface area (Å²) in [5.41, 5.74) is 0. The molecule has 0 saturated heterocycles. The predicted molar refractivity (Wildman–Crippen MR) is 60.2 cm³/mol. The Hall–Kier alpha value is -0.570. The van der Waals surface area contributed by atoms with Crippen LogP contribution in [0.3, 0.4) is 0 Å². The van der Waals surface area contributed by atoms with Crippen LogP contribution in [0, 0.1) is 5.92 Å². The molecule has 84 valence electrons. The monoisotopic (exact) mass is 200 g/mol. The van der Waals surface area contributed by atoms with Crippen molar-refractivity contribution in [1.82, 2.24) is 10.6 Å². The van der Waals surface area contributed by atoms with Gasteiger partial charge in [-0.25, -0.2) is 0 Å². The van der Waals surface area contributed by atoms with Gasteiger partial charge in [0.1, 0.15) is 0 Å². The third-order valence-electron chi connectivity index (χ3n) is 2.51. The van der Waals surface area contributed by atoms with E-state index in [2.05, 4.69) is 31.4 Å². The Morgan fingerprint density at radius 2 is 2.00 bits per heavy atom. The first-order valence-corrected chi connectivity index (χ1v) is 5.55. The van der Waals surface area contributed by atoms with Crippen LogP contribution in [0.2, 0.25) is 0 Å². The van der Waals surface area contributed by atoms with Crippen LogP contribution < -0.4 is 10.6 Å². The molecule has 1 unspecified atom stereocenters. The molecule has 0 aliphatic rings. The van der Waals surface area contributed by atoms with Crippen molar-refractivity contribution in [1.29, 1.82) is 0 Å². The first kappa shape index (κ1) is 13.4. The fourth-order valence-corrected chi connectivity index (χ4v) is 1.51. The van der Waals surface area contributed by atoms with Crippen LogP contribution in [0.25, 0.3) is 0 Å². The van der Waals surface area contributed by atoms with Gasteiger partial charge < -0.3 is 10.6 Å². The zero-order valence-electron chi connectivity index (χ0n) is 9.89. The van der Waals surface area contributed by atoms with Crippen molar-refractivity contribution in [3.05, 3.63) is 0 Å². The fourth-order valence-electron chi connectivity index (χ4n) is 1.51. The third kappa shape index (κ3) is 5.97. The summed E-state index contributed by atoms with van der Waals surface area (Å²) in [5.74, 6) is 0.796. The average molecular weight is 200 g/mol. The SMILES string of the molecule is CCC(NCCCC(=O)NC)C(C)C. The highest BCUT2D eigenvalue weighted by Crippen LogP contribution is 2.05. The first-order valence-electron chi connectivity index (χ1n) is 5.55. The summed E-state index contributed by atoms with van der Waals surface area (Å²) in [7, 11) is 1.68.